The maximum atomic E-state index is 9.25. The molecule has 1 N–H and O–H groups in total. The average Bonchev–Trinajstić information content (AvgIpc) is 2.82. The zero-order valence-electron chi connectivity index (χ0n) is 9.67. The minimum absolute atomic E-state index is 0.293. The van der Waals surface area contributed by atoms with Crippen LogP contribution in [-0.4, -0.2) is 29.8 Å². The summed E-state index contributed by atoms with van der Waals surface area (Å²) in [6.45, 7) is 2.30. The predicted octanol–water partition coefficient (Wildman–Crippen LogP) is 2.51. The molecular weight excluding hydrogens is 232 g/mol. The summed E-state index contributed by atoms with van der Waals surface area (Å²) in [4.78, 5) is 6.98. The molecule has 0 aliphatic carbocycles. The van der Waals surface area contributed by atoms with Crippen LogP contribution < -0.4 is 4.90 Å². The van der Waals surface area contributed by atoms with Gasteiger partial charge in [-0.25, -0.2) is 4.98 Å². The molecule has 0 radical (unpaired) electrons. The summed E-state index contributed by atoms with van der Waals surface area (Å²) >= 11 is 1.75. The van der Waals surface area contributed by atoms with Crippen LogP contribution in [0.25, 0.3) is 10.2 Å². The molecule has 1 atom stereocenters. The van der Waals surface area contributed by atoms with Crippen molar-refractivity contribution in [3.8, 4) is 0 Å². The summed E-state index contributed by atoms with van der Waals surface area (Å²) in [6, 6.07) is 8.25. The number of hydrogen-bond acceptors (Lipinski definition) is 4. The van der Waals surface area contributed by atoms with Crippen LogP contribution in [0.15, 0.2) is 24.3 Å². The summed E-state index contributed by atoms with van der Waals surface area (Å²) < 4.78 is 1.24. The van der Waals surface area contributed by atoms with E-state index in [0.29, 0.717) is 12.5 Å². The molecule has 3 rings (SSSR count). The molecule has 0 amide bonds. The van der Waals surface area contributed by atoms with Gasteiger partial charge in [0.2, 0.25) is 0 Å². The van der Waals surface area contributed by atoms with Crippen LogP contribution >= 0.6 is 11.3 Å². The number of nitrogens with zero attached hydrogens (tertiary/aromatic N) is 2. The van der Waals surface area contributed by atoms with Crippen molar-refractivity contribution >= 4 is 26.7 Å². The summed E-state index contributed by atoms with van der Waals surface area (Å²) in [5.74, 6) is 0.413. The predicted molar refractivity (Wildman–Crippen MR) is 71.6 cm³/mol. The van der Waals surface area contributed by atoms with E-state index in [1.807, 2.05) is 6.07 Å². The molecule has 2 heterocycles. The van der Waals surface area contributed by atoms with Crippen molar-refractivity contribution in [3.63, 3.8) is 0 Å². The van der Waals surface area contributed by atoms with E-state index in [1.54, 1.807) is 11.3 Å². The number of aliphatic hydroxyl groups is 1. The fraction of sp³-hybridized carbons (Fsp3) is 0.462. The van der Waals surface area contributed by atoms with Gasteiger partial charge in [0.25, 0.3) is 0 Å². The normalized spacial score (nSPS) is 21.0. The standard InChI is InChI=1S/C13H16N2OS/c16-9-10-4-3-7-15(8-10)13-14-11-5-1-2-6-12(11)17-13/h1-2,5-6,10,16H,3-4,7-9H2. The van der Waals surface area contributed by atoms with Crippen LogP contribution in [0.4, 0.5) is 5.13 Å². The topological polar surface area (TPSA) is 36.4 Å². The van der Waals surface area contributed by atoms with E-state index in [1.165, 1.54) is 4.70 Å². The smallest absolute Gasteiger partial charge is 0.186 e. The number of benzene rings is 1. The first-order valence-electron chi connectivity index (χ1n) is 6.08. The number of thiazole rings is 1. The zero-order chi connectivity index (χ0) is 11.7. The molecule has 1 fully saturated rings. The monoisotopic (exact) mass is 248 g/mol. The van der Waals surface area contributed by atoms with Crippen LogP contribution in [0.2, 0.25) is 0 Å². The fourth-order valence-electron chi connectivity index (χ4n) is 2.38. The zero-order valence-corrected chi connectivity index (χ0v) is 10.5. The number of anilines is 1. The second-order valence-electron chi connectivity index (χ2n) is 4.60. The molecular formula is C13H16N2OS. The summed E-state index contributed by atoms with van der Waals surface area (Å²) in [5.41, 5.74) is 1.08. The Bertz CT molecular complexity index is 478. The van der Waals surface area contributed by atoms with Gasteiger partial charge in [-0.15, -0.1) is 0 Å². The highest BCUT2D eigenvalue weighted by molar-refractivity contribution is 7.22. The van der Waals surface area contributed by atoms with Crippen LogP contribution in [0, 0.1) is 5.92 Å². The van der Waals surface area contributed by atoms with Gasteiger partial charge in [-0.1, -0.05) is 23.5 Å². The van der Waals surface area contributed by atoms with Crippen LogP contribution in [0.3, 0.4) is 0 Å². The van der Waals surface area contributed by atoms with Gasteiger partial charge in [0.1, 0.15) is 0 Å². The molecule has 90 valence electrons. The molecule has 17 heavy (non-hydrogen) atoms. The van der Waals surface area contributed by atoms with Gasteiger partial charge in [0, 0.05) is 19.7 Å². The van der Waals surface area contributed by atoms with E-state index in [2.05, 4.69) is 28.1 Å². The van der Waals surface area contributed by atoms with Crippen LogP contribution in [0.5, 0.6) is 0 Å². The molecule has 1 aromatic carbocycles. The molecule has 0 spiro atoms. The van der Waals surface area contributed by atoms with Crippen molar-refractivity contribution in [3.05, 3.63) is 24.3 Å². The number of hydrogen-bond donors (Lipinski definition) is 1. The van der Waals surface area contributed by atoms with E-state index < -0.39 is 0 Å². The highest BCUT2D eigenvalue weighted by Gasteiger charge is 2.21. The van der Waals surface area contributed by atoms with E-state index in [-0.39, 0.29) is 0 Å². The second-order valence-corrected chi connectivity index (χ2v) is 5.61. The lowest BCUT2D eigenvalue weighted by molar-refractivity contribution is 0.208. The Morgan fingerprint density at radius 3 is 3.12 bits per heavy atom. The lowest BCUT2D eigenvalue weighted by atomic mass is 10.00. The van der Waals surface area contributed by atoms with Gasteiger partial charge in [-0.05, 0) is 30.9 Å². The SMILES string of the molecule is OCC1CCCN(c2nc3ccccc3s2)C1. The molecule has 4 heteroatoms. The van der Waals surface area contributed by atoms with E-state index in [0.717, 1.165) is 36.6 Å². The molecule has 1 aliphatic rings. The Kier molecular flexibility index (Phi) is 2.99. The second kappa shape index (κ2) is 4.63. The van der Waals surface area contributed by atoms with Crippen molar-refractivity contribution in [2.75, 3.05) is 24.6 Å². The number of fused-ring (bicyclic) bond motifs is 1. The van der Waals surface area contributed by atoms with Gasteiger partial charge in [0.05, 0.1) is 10.2 Å². The van der Waals surface area contributed by atoms with E-state index in [9.17, 15) is 5.11 Å². The summed E-state index contributed by atoms with van der Waals surface area (Å²) in [6.07, 6.45) is 2.29. The first kappa shape index (κ1) is 11.0. The molecule has 2 aromatic rings. The largest absolute Gasteiger partial charge is 0.396 e. The molecule has 1 aliphatic heterocycles. The van der Waals surface area contributed by atoms with Crippen molar-refractivity contribution in [1.29, 1.82) is 0 Å². The highest BCUT2D eigenvalue weighted by atomic mass is 32.1. The van der Waals surface area contributed by atoms with Crippen molar-refractivity contribution in [2.45, 2.75) is 12.8 Å². The highest BCUT2D eigenvalue weighted by Crippen LogP contribution is 2.31. The van der Waals surface area contributed by atoms with Gasteiger partial charge in [0.15, 0.2) is 5.13 Å². The number of rotatable bonds is 2. The first-order chi connectivity index (χ1) is 8.36. The Labute approximate surface area is 105 Å². The third-order valence-electron chi connectivity index (χ3n) is 3.33. The Hall–Kier alpha value is -1.13. The third-order valence-corrected chi connectivity index (χ3v) is 4.43. The van der Waals surface area contributed by atoms with Crippen LogP contribution in [-0.2, 0) is 0 Å². The average molecular weight is 248 g/mol. The number of piperidine rings is 1. The van der Waals surface area contributed by atoms with Crippen LogP contribution in [0.1, 0.15) is 12.8 Å². The number of aliphatic hydroxyl groups excluding tert-OH is 1. The molecule has 1 unspecified atom stereocenters. The third kappa shape index (κ3) is 2.15. The lowest BCUT2D eigenvalue weighted by Crippen LogP contribution is -2.36. The minimum atomic E-state index is 0.293. The Morgan fingerprint density at radius 1 is 1.41 bits per heavy atom. The summed E-state index contributed by atoms with van der Waals surface area (Å²) in [5, 5.41) is 10.4. The lowest BCUT2D eigenvalue weighted by Gasteiger charge is -2.31. The minimum Gasteiger partial charge on any atom is -0.396 e. The quantitative estimate of drug-likeness (QED) is 0.887. The maximum Gasteiger partial charge on any atom is 0.186 e. The number of para-hydroxylation sites is 1. The van der Waals surface area contributed by atoms with Gasteiger partial charge in [-0.3, -0.25) is 0 Å². The van der Waals surface area contributed by atoms with Gasteiger partial charge < -0.3 is 10.0 Å². The molecule has 0 saturated carbocycles. The molecule has 1 aromatic heterocycles. The van der Waals surface area contributed by atoms with E-state index in [4.69, 9.17) is 0 Å². The maximum absolute atomic E-state index is 9.25. The first-order valence-corrected chi connectivity index (χ1v) is 6.90. The fourth-order valence-corrected chi connectivity index (χ4v) is 3.38. The van der Waals surface area contributed by atoms with Crippen molar-refractivity contribution in [1.82, 2.24) is 4.98 Å². The van der Waals surface area contributed by atoms with Crippen molar-refractivity contribution in [2.24, 2.45) is 5.92 Å². The molecule has 3 nitrogen and oxygen atoms in total. The van der Waals surface area contributed by atoms with Gasteiger partial charge >= 0.3 is 0 Å². The Morgan fingerprint density at radius 2 is 2.29 bits per heavy atom. The summed E-state index contributed by atoms with van der Waals surface area (Å²) in [7, 11) is 0. The number of aromatic nitrogens is 1. The molecule has 0 bridgehead atoms. The van der Waals surface area contributed by atoms with Gasteiger partial charge in [-0.2, -0.15) is 0 Å². The molecule has 1 saturated heterocycles. The van der Waals surface area contributed by atoms with E-state index >= 15 is 0 Å². The van der Waals surface area contributed by atoms with Crippen molar-refractivity contribution < 1.29 is 5.11 Å². The Balaban J connectivity index is 1.87.